The summed E-state index contributed by atoms with van der Waals surface area (Å²) in [5, 5.41) is 11.2. The SMILES string of the molecule is Cc1cc2c(C)ccc3c4cc(C)cc5c(C)ccc(c(c1)c23)c54. The first kappa shape index (κ1) is 13.8. The Labute approximate surface area is 142 Å². The molecule has 0 fully saturated rings. The molecule has 0 spiro atoms. The van der Waals surface area contributed by atoms with Crippen LogP contribution in [0.15, 0.2) is 48.5 Å². The smallest absolute Gasteiger partial charge is 0.00235 e. The van der Waals surface area contributed by atoms with E-state index in [9.17, 15) is 0 Å². The Morgan fingerprint density at radius 2 is 0.792 bits per heavy atom. The normalized spacial score (nSPS) is 12.2. The minimum absolute atomic E-state index is 1.34. The molecule has 0 atom stereocenters. The van der Waals surface area contributed by atoms with Gasteiger partial charge in [0.05, 0.1) is 0 Å². The predicted molar refractivity (Wildman–Crippen MR) is 107 cm³/mol. The zero-order valence-electron chi connectivity index (χ0n) is 14.6. The summed E-state index contributed by atoms with van der Waals surface area (Å²) in [6, 6.07) is 18.6. The molecular weight excluding hydrogens is 288 g/mol. The summed E-state index contributed by atoms with van der Waals surface area (Å²) in [5.74, 6) is 0. The van der Waals surface area contributed by atoms with Crippen LogP contribution in [0.2, 0.25) is 0 Å². The standard InChI is InChI=1S/C24H20/c1-13-9-19-15(3)5-8-18-22-12-14(2)10-20-16(4)6-7-17(24(20)22)21(11-13)23(18)19/h5-12H,1-4H3. The lowest BCUT2D eigenvalue weighted by Crippen LogP contribution is -1.91. The highest BCUT2D eigenvalue weighted by Crippen LogP contribution is 2.42. The maximum atomic E-state index is 2.36. The molecule has 0 unspecified atom stereocenters. The van der Waals surface area contributed by atoms with Crippen LogP contribution in [0.4, 0.5) is 0 Å². The monoisotopic (exact) mass is 308 g/mol. The average molecular weight is 308 g/mol. The summed E-state index contributed by atoms with van der Waals surface area (Å²) in [6.07, 6.45) is 0. The van der Waals surface area contributed by atoms with Crippen LogP contribution in [-0.4, -0.2) is 0 Å². The fourth-order valence-corrected chi connectivity index (χ4v) is 4.41. The molecule has 0 nitrogen and oxygen atoms in total. The van der Waals surface area contributed by atoms with Crippen molar-refractivity contribution in [1.29, 1.82) is 0 Å². The quantitative estimate of drug-likeness (QED) is 0.214. The van der Waals surface area contributed by atoms with Gasteiger partial charge in [-0.25, -0.2) is 0 Å². The summed E-state index contributed by atoms with van der Waals surface area (Å²) >= 11 is 0. The molecule has 24 heavy (non-hydrogen) atoms. The molecule has 0 saturated carbocycles. The molecule has 0 saturated heterocycles. The molecule has 0 radical (unpaired) electrons. The molecule has 5 rings (SSSR count). The van der Waals surface area contributed by atoms with Crippen molar-refractivity contribution in [2.45, 2.75) is 27.7 Å². The number of hydrogen-bond acceptors (Lipinski definition) is 0. The predicted octanol–water partition coefficient (Wildman–Crippen LogP) is 6.97. The fraction of sp³-hybridized carbons (Fsp3) is 0.167. The van der Waals surface area contributed by atoms with Gasteiger partial charge in [0.1, 0.15) is 0 Å². The van der Waals surface area contributed by atoms with E-state index in [4.69, 9.17) is 0 Å². The highest BCUT2D eigenvalue weighted by Gasteiger charge is 2.15. The molecular formula is C24H20. The molecule has 5 aromatic rings. The first-order chi connectivity index (χ1) is 11.5. The van der Waals surface area contributed by atoms with E-state index in [0.717, 1.165) is 0 Å². The molecule has 0 amide bonds. The molecule has 0 bridgehead atoms. The lowest BCUT2D eigenvalue weighted by atomic mass is 9.86. The van der Waals surface area contributed by atoms with Crippen LogP contribution in [0.25, 0.3) is 43.1 Å². The topological polar surface area (TPSA) is 0 Å². The van der Waals surface area contributed by atoms with Gasteiger partial charge in [-0.3, -0.25) is 0 Å². The van der Waals surface area contributed by atoms with Crippen LogP contribution in [0.3, 0.4) is 0 Å². The van der Waals surface area contributed by atoms with Crippen molar-refractivity contribution in [3.05, 3.63) is 70.8 Å². The maximum Gasteiger partial charge on any atom is -0.00235 e. The first-order valence-corrected chi connectivity index (χ1v) is 8.63. The number of fused-ring (bicyclic) bond motifs is 2. The van der Waals surface area contributed by atoms with Crippen LogP contribution in [-0.2, 0) is 0 Å². The zero-order valence-corrected chi connectivity index (χ0v) is 14.6. The highest BCUT2D eigenvalue weighted by atomic mass is 14.2. The van der Waals surface area contributed by atoms with Gasteiger partial charge >= 0.3 is 0 Å². The van der Waals surface area contributed by atoms with Crippen molar-refractivity contribution in [1.82, 2.24) is 0 Å². The van der Waals surface area contributed by atoms with Crippen molar-refractivity contribution in [3.63, 3.8) is 0 Å². The lowest BCUT2D eigenvalue weighted by molar-refractivity contribution is 1.48. The Hall–Kier alpha value is -2.60. The molecule has 0 aromatic heterocycles. The van der Waals surface area contributed by atoms with Crippen LogP contribution < -0.4 is 0 Å². The third-order valence-corrected chi connectivity index (χ3v) is 5.53. The van der Waals surface area contributed by atoms with E-state index in [1.165, 1.54) is 65.3 Å². The number of aryl methyl sites for hydroxylation is 4. The van der Waals surface area contributed by atoms with Gasteiger partial charge in [-0.15, -0.1) is 0 Å². The van der Waals surface area contributed by atoms with E-state index < -0.39 is 0 Å². The Morgan fingerprint density at radius 3 is 1.21 bits per heavy atom. The van der Waals surface area contributed by atoms with Crippen molar-refractivity contribution < 1.29 is 0 Å². The molecule has 0 aliphatic carbocycles. The highest BCUT2D eigenvalue weighted by molar-refractivity contribution is 6.33. The minimum Gasteiger partial charge on any atom is -0.0581 e. The molecule has 0 aliphatic rings. The minimum atomic E-state index is 1.34. The van der Waals surface area contributed by atoms with Gasteiger partial charge in [-0.05, 0) is 93.0 Å². The number of hydrogen-bond donors (Lipinski definition) is 0. The molecule has 0 heteroatoms. The summed E-state index contributed by atoms with van der Waals surface area (Å²) in [6.45, 7) is 8.86. The van der Waals surface area contributed by atoms with Crippen LogP contribution >= 0.6 is 0 Å². The van der Waals surface area contributed by atoms with E-state index in [-0.39, 0.29) is 0 Å². The largest absolute Gasteiger partial charge is 0.0581 e. The molecule has 0 N–H and O–H groups in total. The average Bonchev–Trinajstić information content (AvgIpc) is 2.55. The van der Waals surface area contributed by atoms with E-state index >= 15 is 0 Å². The number of rotatable bonds is 0. The number of benzene rings is 5. The Kier molecular flexibility index (Phi) is 2.58. The van der Waals surface area contributed by atoms with Gasteiger partial charge in [0, 0.05) is 0 Å². The second kappa shape index (κ2) is 4.48. The van der Waals surface area contributed by atoms with Crippen molar-refractivity contribution >= 4 is 43.1 Å². The van der Waals surface area contributed by atoms with Gasteiger partial charge in [0.15, 0.2) is 0 Å². The van der Waals surface area contributed by atoms with Crippen molar-refractivity contribution in [2.75, 3.05) is 0 Å². The van der Waals surface area contributed by atoms with Crippen molar-refractivity contribution in [3.8, 4) is 0 Å². The van der Waals surface area contributed by atoms with Crippen LogP contribution in [0, 0.1) is 27.7 Å². The van der Waals surface area contributed by atoms with Gasteiger partial charge in [0.25, 0.3) is 0 Å². The molecule has 5 aromatic carbocycles. The van der Waals surface area contributed by atoms with E-state index in [0.29, 0.717) is 0 Å². The van der Waals surface area contributed by atoms with Gasteiger partial charge in [-0.2, -0.15) is 0 Å². The molecule has 0 heterocycles. The summed E-state index contributed by atoms with van der Waals surface area (Å²) in [4.78, 5) is 0. The van der Waals surface area contributed by atoms with Gasteiger partial charge in [0.2, 0.25) is 0 Å². The van der Waals surface area contributed by atoms with E-state index in [2.05, 4.69) is 76.2 Å². The van der Waals surface area contributed by atoms with Gasteiger partial charge < -0.3 is 0 Å². The summed E-state index contributed by atoms with van der Waals surface area (Å²) < 4.78 is 0. The van der Waals surface area contributed by atoms with E-state index in [1.807, 2.05) is 0 Å². The van der Waals surface area contributed by atoms with Crippen molar-refractivity contribution in [2.24, 2.45) is 0 Å². The van der Waals surface area contributed by atoms with E-state index in [1.54, 1.807) is 0 Å². The third-order valence-electron chi connectivity index (χ3n) is 5.53. The summed E-state index contributed by atoms with van der Waals surface area (Å²) in [5.41, 5.74) is 5.39. The Morgan fingerprint density at radius 1 is 0.417 bits per heavy atom. The second-order valence-electron chi connectivity index (χ2n) is 7.33. The second-order valence-corrected chi connectivity index (χ2v) is 7.33. The Bertz CT molecular complexity index is 1170. The summed E-state index contributed by atoms with van der Waals surface area (Å²) in [7, 11) is 0. The Balaban J connectivity index is 2.26. The van der Waals surface area contributed by atoms with Crippen LogP contribution in [0.5, 0.6) is 0 Å². The molecule has 0 aliphatic heterocycles. The molecule has 116 valence electrons. The fourth-order valence-electron chi connectivity index (χ4n) is 4.41. The maximum absolute atomic E-state index is 2.36. The van der Waals surface area contributed by atoms with Crippen LogP contribution in [0.1, 0.15) is 22.3 Å². The van der Waals surface area contributed by atoms with Gasteiger partial charge in [-0.1, -0.05) is 48.5 Å². The lowest BCUT2D eigenvalue weighted by Gasteiger charge is -2.18. The first-order valence-electron chi connectivity index (χ1n) is 8.63. The zero-order chi connectivity index (χ0) is 16.6. The third kappa shape index (κ3) is 1.63.